The second-order valence-electron chi connectivity index (χ2n) is 6.97. The lowest BCUT2D eigenvalue weighted by Crippen LogP contribution is -2.40. The molecule has 2 amide bonds. The highest BCUT2D eigenvalue weighted by molar-refractivity contribution is 6.36. The summed E-state index contributed by atoms with van der Waals surface area (Å²) in [4.78, 5) is 29.6. The summed E-state index contributed by atoms with van der Waals surface area (Å²) in [5, 5.41) is 0.562. The Morgan fingerprint density at radius 1 is 0.931 bits per heavy atom. The fourth-order valence-electron chi connectivity index (χ4n) is 3.62. The van der Waals surface area contributed by atoms with Crippen LogP contribution in [0.5, 0.6) is 0 Å². The predicted octanol–water partition coefficient (Wildman–Crippen LogP) is 3.13. The largest absolute Gasteiger partial charge is 0.378 e. The molecule has 0 aliphatic carbocycles. The molecule has 4 rings (SSSR count). The van der Waals surface area contributed by atoms with Crippen LogP contribution < -0.4 is 0 Å². The lowest BCUT2D eigenvalue weighted by Gasteiger charge is -2.29. The lowest BCUT2D eigenvalue weighted by molar-refractivity contribution is -0.137. The zero-order chi connectivity index (χ0) is 20.4. The average Bonchev–Trinajstić information content (AvgIpc) is 2.99. The van der Waals surface area contributed by atoms with Crippen LogP contribution in [0.15, 0.2) is 54.2 Å². The van der Waals surface area contributed by atoms with Crippen molar-refractivity contribution in [1.29, 1.82) is 0 Å². The molecule has 0 bridgehead atoms. The molecule has 0 radical (unpaired) electrons. The molecule has 29 heavy (non-hydrogen) atoms. The number of hydrogen-bond acceptors (Lipinski definition) is 4. The summed E-state index contributed by atoms with van der Waals surface area (Å²) in [6.07, 6.45) is 0.460. The highest BCUT2D eigenvalue weighted by Gasteiger charge is 2.41. The number of rotatable bonds is 5. The van der Waals surface area contributed by atoms with Crippen LogP contribution >= 0.6 is 11.6 Å². The number of nitrogens with zero attached hydrogens (tertiary/aromatic N) is 2. The summed E-state index contributed by atoms with van der Waals surface area (Å²) in [5.74, 6) is -0.937. The summed E-state index contributed by atoms with van der Waals surface area (Å²) >= 11 is 5.99. The molecular weight excluding hydrogens is 395 g/mol. The molecule has 150 valence electrons. The fourth-order valence-corrected chi connectivity index (χ4v) is 3.74. The van der Waals surface area contributed by atoms with Crippen molar-refractivity contribution in [2.24, 2.45) is 0 Å². The van der Waals surface area contributed by atoms with Crippen molar-refractivity contribution in [2.45, 2.75) is 6.42 Å². The maximum atomic E-state index is 13.2. The minimum Gasteiger partial charge on any atom is -0.378 e. The number of halogens is 2. The number of carbonyl (C=O) groups is 2. The first kappa shape index (κ1) is 19.6. The third-order valence-electron chi connectivity index (χ3n) is 5.14. The molecule has 5 nitrogen and oxygen atoms in total. The van der Waals surface area contributed by atoms with Gasteiger partial charge in [-0.3, -0.25) is 14.5 Å². The minimum atomic E-state index is -0.319. The first-order chi connectivity index (χ1) is 14.0. The summed E-state index contributed by atoms with van der Waals surface area (Å²) < 4.78 is 18.5. The topological polar surface area (TPSA) is 49.9 Å². The van der Waals surface area contributed by atoms with E-state index in [1.807, 2.05) is 4.90 Å². The SMILES string of the molecule is O=C1C(c2ccc(Cl)cc2)=C(N2CCOCC2)C(=O)N1CCc1ccc(F)cc1. The van der Waals surface area contributed by atoms with Gasteiger partial charge in [-0.25, -0.2) is 4.39 Å². The molecule has 2 aliphatic rings. The third kappa shape index (κ3) is 4.04. The molecule has 2 aliphatic heterocycles. The zero-order valence-corrected chi connectivity index (χ0v) is 16.5. The van der Waals surface area contributed by atoms with Crippen LogP contribution in [-0.4, -0.2) is 54.5 Å². The molecule has 1 saturated heterocycles. The van der Waals surface area contributed by atoms with Crippen molar-refractivity contribution >= 4 is 29.0 Å². The number of benzene rings is 2. The third-order valence-corrected chi connectivity index (χ3v) is 5.39. The van der Waals surface area contributed by atoms with E-state index in [0.717, 1.165) is 5.56 Å². The van der Waals surface area contributed by atoms with Crippen molar-refractivity contribution in [2.75, 3.05) is 32.8 Å². The van der Waals surface area contributed by atoms with E-state index in [1.165, 1.54) is 17.0 Å². The van der Waals surface area contributed by atoms with Crippen molar-refractivity contribution < 1.29 is 18.7 Å². The van der Waals surface area contributed by atoms with Crippen LogP contribution in [0, 0.1) is 5.82 Å². The first-order valence-corrected chi connectivity index (χ1v) is 9.86. The Balaban J connectivity index is 1.63. The summed E-state index contributed by atoms with van der Waals surface area (Å²) in [7, 11) is 0. The van der Waals surface area contributed by atoms with E-state index in [1.54, 1.807) is 36.4 Å². The molecule has 2 aromatic carbocycles. The second-order valence-corrected chi connectivity index (χ2v) is 7.40. The monoisotopic (exact) mass is 414 g/mol. The number of morpholine rings is 1. The van der Waals surface area contributed by atoms with E-state index in [0.29, 0.717) is 54.6 Å². The van der Waals surface area contributed by atoms with E-state index >= 15 is 0 Å². The van der Waals surface area contributed by atoms with Gasteiger partial charge in [-0.2, -0.15) is 0 Å². The first-order valence-electron chi connectivity index (χ1n) is 9.48. The van der Waals surface area contributed by atoms with Crippen molar-refractivity contribution in [3.63, 3.8) is 0 Å². The Morgan fingerprint density at radius 3 is 2.24 bits per heavy atom. The van der Waals surface area contributed by atoms with Crippen LogP contribution in [0.2, 0.25) is 5.02 Å². The molecule has 0 unspecified atom stereocenters. The molecule has 2 heterocycles. The van der Waals surface area contributed by atoms with E-state index in [4.69, 9.17) is 16.3 Å². The number of carbonyl (C=O) groups excluding carboxylic acids is 2. The van der Waals surface area contributed by atoms with E-state index in [9.17, 15) is 14.0 Å². The highest BCUT2D eigenvalue weighted by atomic mass is 35.5. The Bertz CT molecular complexity index is 951. The molecule has 7 heteroatoms. The van der Waals surface area contributed by atoms with Gasteiger partial charge in [0, 0.05) is 24.7 Å². The quantitative estimate of drug-likeness (QED) is 0.705. The maximum absolute atomic E-state index is 13.2. The molecule has 0 saturated carbocycles. The standard InChI is InChI=1S/C22H20ClFN2O3/c23-17-5-3-16(4-6-17)19-20(25-11-13-29-14-12-25)22(28)26(21(19)27)10-9-15-1-7-18(24)8-2-15/h1-8H,9-14H2. The van der Waals surface area contributed by atoms with Gasteiger partial charge in [-0.1, -0.05) is 35.9 Å². The van der Waals surface area contributed by atoms with Gasteiger partial charge < -0.3 is 9.64 Å². The van der Waals surface area contributed by atoms with Crippen LogP contribution in [0.4, 0.5) is 4.39 Å². The molecule has 2 aromatic rings. The number of imide groups is 1. The van der Waals surface area contributed by atoms with Gasteiger partial charge in [0.25, 0.3) is 11.8 Å². The fraction of sp³-hybridized carbons (Fsp3) is 0.273. The van der Waals surface area contributed by atoms with Crippen LogP contribution in [0.1, 0.15) is 11.1 Å². The van der Waals surface area contributed by atoms with E-state index in [-0.39, 0.29) is 24.2 Å². The zero-order valence-electron chi connectivity index (χ0n) is 15.7. The van der Waals surface area contributed by atoms with Crippen LogP contribution in [0.3, 0.4) is 0 Å². The number of amides is 2. The van der Waals surface area contributed by atoms with E-state index in [2.05, 4.69) is 0 Å². The summed E-state index contributed by atoms with van der Waals surface area (Å²) in [6.45, 7) is 2.35. The van der Waals surface area contributed by atoms with Crippen LogP contribution in [-0.2, 0) is 20.7 Å². The van der Waals surface area contributed by atoms with Crippen molar-refractivity contribution in [3.05, 3.63) is 76.2 Å². The molecule has 0 spiro atoms. The number of ether oxygens (including phenoxy) is 1. The molecule has 0 aromatic heterocycles. The van der Waals surface area contributed by atoms with Gasteiger partial charge in [-0.15, -0.1) is 0 Å². The summed E-state index contributed by atoms with van der Waals surface area (Å²) in [5.41, 5.74) is 2.34. The average molecular weight is 415 g/mol. The highest BCUT2D eigenvalue weighted by Crippen LogP contribution is 2.32. The molecule has 0 atom stereocenters. The Hall–Kier alpha value is -2.70. The Labute approximate surface area is 173 Å². The Kier molecular flexibility index (Phi) is 5.65. The molecule has 1 fully saturated rings. The maximum Gasteiger partial charge on any atom is 0.277 e. The normalized spacial score (nSPS) is 17.4. The van der Waals surface area contributed by atoms with Gasteiger partial charge in [0.1, 0.15) is 11.5 Å². The van der Waals surface area contributed by atoms with Gasteiger partial charge >= 0.3 is 0 Å². The van der Waals surface area contributed by atoms with Gasteiger partial charge in [0.05, 0.1) is 18.8 Å². The van der Waals surface area contributed by atoms with Crippen LogP contribution in [0.25, 0.3) is 5.57 Å². The number of hydrogen-bond donors (Lipinski definition) is 0. The minimum absolute atomic E-state index is 0.230. The van der Waals surface area contributed by atoms with Crippen molar-refractivity contribution in [3.8, 4) is 0 Å². The molecule has 0 N–H and O–H groups in total. The Morgan fingerprint density at radius 2 is 1.59 bits per heavy atom. The van der Waals surface area contributed by atoms with Crippen molar-refractivity contribution in [1.82, 2.24) is 9.80 Å². The molecular formula is C22H20ClFN2O3. The predicted molar refractivity (Wildman–Crippen MR) is 108 cm³/mol. The second kappa shape index (κ2) is 8.35. The smallest absolute Gasteiger partial charge is 0.277 e. The van der Waals surface area contributed by atoms with Gasteiger partial charge in [0.2, 0.25) is 0 Å². The van der Waals surface area contributed by atoms with Gasteiger partial charge in [0.15, 0.2) is 0 Å². The van der Waals surface area contributed by atoms with E-state index < -0.39 is 0 Å². The van der Waals surface area contributed by atoms with Gasteiger partial charge in [-0.05, 0) is 41.8 Å². The summed E-state index contributed by atoms with van der Waals surface area (Å²) in [6, 6.07) is 13.0. The lowest BCUT2D eigenvalue weighted by atomic mass is 10.0.